The lowest BCUT2D eigenvalue weighted by molar-refractivity contribution is 0.339. The molecule has 0 saturated carbocycles. The smallest absolute Gasteiger partial charge is 0.218 e. The highest BCUT2D eigenvalue weighted by molar-refractivity contribution is 7.88. The molecule has 126 valence electrons. The Morgan fingerprint density at radius 3 is 2.58 bits per heavy atom. The molecule has 1 unspecified atom stereocenters. The molecule has 6 heteroatoms. The molecule has 1 fully saturated rings. The van der Waals surface area contributed by atoms with E-state index < -0.39 is 10.0 Å². The van der Waals surface area contributed by atoms with E-state index >= 15 is 0 Å². The first-order chi connectivity index (χ1) is 11.5. The quantitative estimate of drug-likeness (QED) is 0.857. The van der Waals surface area contributed by atoms with E-state index in [2.05, 4.69) is 17.0 Å². The van der Waals surface area contributed by atoms with Crippen LogP contribution in [0.15, 0.2) is 48.5 Å². The molecular formula is C18H19FN2O2S. The number of fused-ring (bicyclic) bond motifs is 3. The molecule has 2 heterocycles. The highest BCUT2D eigenvalue weighted by Crippen LogP contribution is 2.34. The van der Waals surface area contributed by atoms with Crippen LogP contribution in [0.25, 0.3) is 0 Å². The molecule has 2 aliphatic heterocycles. The fourth-order valence-electron chi connectivity index (χ4n) is 3.67. The van der Waals surface area contributed by atoms with Crippen LogP contribution in [0.2, 0.25) is 0 Å². The Morgan fingerprint density at radius 1 is 1.04 bits per heavy atom. The SMILES string of the molecule is O=S(=O)(Cc1ccc(F)cc1)N1CCN2c3ccccc3CC2C1. The Kier molecular flexibility index (Phi) is 3.81. The Bertz CT molecular complexity index is 852. The van der Waals surface area contributed by atoms with E-state index in [0.717, 1.165) is 6.42 Å². The molecule has 2 aromatic rings. The van der Waals surface area contributed by atoms with E-state index in [1.807, 2.05) is 12.1 Å². The number of para-hydroxylation sites is 1. The second-order valence-electron chi connectivity index (χ2n) is 6.42. The molecule has 1 atom stereocenters. The summed E-state index contributed by atoms with van der Waals surface area (Å²) in [5, 5.41) is 0. The molecule has 0 bridgehead atoms. The standard InChI is InChI=1S/C18H19FN2O2S/c19-16-7-5-14(6-8-16)13-24(22,23)20-9-10-21-17(12-20)11-15-3-1-2-4-18(15)21/h1-8,17H,9-13H2. The van der Waals surface area contributed by atoms with Crippen molar-refractivity contribution in [2.24, 2.45) is 0 Å². The van der Waals surface area contributed by atoms with Gasteiger partial charge in [-0.1, -0.05) is 30.3 Å². The van der Waals surface area contributed by atoms with Crippen LogP contribution in [0.4, 0.5) is 10.1 Å². The van der Waals surface area contributed by atoms with E-state index in [1.165, 1.54) is 35.5 Å². The van der Waals surface area contributed by atoms with Gasteiger partial charge in [0.1, 0.15) is 5.82 Å². The van der Waals surface area contributed by atoms with Gasteiger partial charge in [0.05, 0.1) is 5.75 Å². The van der Waals surface area contributed by atoms with Crippen molar-refractivity contribution in [3.8, 4) is 0 Å². The van der Waals surface area contributed by atoms with Crippen LogP contribution in [0.3, 0.4) is 0 Å². The lowest BCUT2D eigenvalue weighted by atomic mass is 10.1. The van der Waals surface area contributed by atoms with E-state index in [9.17, 15) is 12.8 Å². The Hall–Kier alpha value is -1.92. The predicted octanol–water partition coefficient (Wildman–Crippen LogP) is 2.40. The van der Waals surface area contributed by atoms with Crippen molar-refractivity contribution in [1.82, 2.24) is 4.31 Å². The number of benzene rings is 2. The maximum absolute atomic E-state index is 13.0. The summed E-state index contributed by atoms with van der Waals surface area (Å²) in [5.41, 5.74) is 3.15. The highest BCUT2D eigenvalue weighted by atomic mass is 32.2. The minimum atomic E-state index is -3.39. The number of rotatable bonds is 3. The average Bonchev–Trinajstić information content (AvgIpc) is 2.94. The molecule has 0 aliphatic carbocycles. The van der Waals surface area contributed by atoms with Crippen LogP contribution < -0.4 is 4.90 Å². The Balaban J connectivity index is 1.49. The number of nitrogens with zero attached hydrogens (tertiary/aromatic N) is 2. The van der Waals surface area contributed by atoms with Gasteiger partial charge in [0.2, 0.25) is 10.0 Å². The van der Waals surface area contributed by atoms with Crippen LogP contribution in [0.5, 0.6) is 0 Å². The van der Waals surface area contributed by atoms with Crippen molar-refractivity contribution < 1.29 is 12.8 Å². The van der Waals surface area contributed by atoms with Gasteiger partial charge in [-0.15, -0.1) is 0 Å². The maximum Gasteiger partial charge on any atom is 0.218 e. The van der Waals surface area contributed by atoms with Crippen molar-refractivity contribution in [2.75, 3.05) is 24.5 Å². The number of sulfonamides is 1. The normalized spacial score (nSPS) is 20.7. The molecule has 0 radical (unpaired) electrons. The fourth-order valence-corrected chi connectivity index (χ4v) is 5.23. The zero-order valence-corrected chi connectivity index (χ0v) is 14.0. The summed E-state index contributed by atoms with van der Waals surface area (Å²) < 4.78 is 40.0. The molecule has 24 heavy (non-hydrogen) atoms. The van der Waals surface area contributed by atoms with E-state index in [0.29, 0.717) is 25.2 Å². The Labute approximate surface area is 141 Å². The summed E-state index contributed by atoms with van der Waals surface area (Å²) in [4.78, 5) is 2.32. The van der Waals surface area contributed by atoms with Crippen molar-refractivity contribution >= 4 is 15.7 Å². The van der Waals surface area contributed by atoms with Crippen molar-refractivity contribution in [1.29, 1.82) is 0 Å². The van der Waals surface area contributed by atoms with Crippen LogP contribution in [0.1, 0.15) is 11.1 Å². The number of anilines is 1. The number of halogens is 1. The summed E-state index contributed by atoms with van der Waals surface area (Å²) in [6.45, 7) is 1.72. The molecule has 2 aromatic carbocycles. The largest absolute Gasteiger partial charge is 0.365 e. The molecule has 4 nitrogen and oxygen atoms in total. The fraction of sp³-hybridized carbons (Fsp3) is 0.333. The second kappa shape index (κ2) is 5.86. The molecule has 4 rings (SSSR count). The second-order valence-corrected chi connectivity index (χ2v) is 8.39. The van der Waals surface area contributed by atoms with E-state index in [4.69, 9.17) is 0 Å². The van der Waals surface area contributed by atoms with Gasteiger partial charge in [-0.25, -0.2) is 12.8 Å². The lowest BCUT2D eigenvalue weighted by Gasteiger charge is -2.38. The van der Waals surface area contributed by atoms with Gasteiger partial charge in [0.15, 0.2) is 0 Å². The lowest BCUT2D eigenvalue weighted by Crippen LogP contribution is -2.53. The third-order valence-corrected chi connectivity index (χ3v) is 6.67. The summed E-state index contributed by atoms with van der Waals surface area (Å²) in [5.74, 6) is -0.430. The molecular weight excluding hydrogens is 327 g/mol. The first-order valence-corrected chi connectivity index (χ1v) is 9.71. The molecule has 0 aromatic heterocycles. The topological polar surface area (TPSA) is 40.6 Å². The molecule has 1 saturated heterocycles. The molecule has 0 amide bonds. The van der Waals surface area contributed by atoms with Crippen LogP contribution >= 0.6 is 0 Å². The highest BCUT2D eigenvalue weighted by Gasteiger charge is 2.37. The number of hydrogen-bond acceptors (Lipinski definition) is 3. The summed E-state index contributed by atoms with van der Waals surface area (Å²) in [6.07, 6.45) is 0.888. The zero-order chi connectivity index (χ0) is 16.7. The minimum Gasteiger partial charge on any atom is -0.365 e. The van der Waals surface area contributed by atoms with Crippen molar-refractivity contribution in [2.45, 2.75) is 18.2 Å². The monoisotopic (exact) mass is 346 g/mol. The van der Waals surface area contributed by atoms with Crippen LogP contribution in [0, 0.1) is 5.82 Å². The number of hydrogen-bond donors (Lipinski definition) is 0. The summed E-state index contributed by atoms with van der Waals surface area (Å²) in [6, 6.07) is 14.2. The van der Waals surface area contributed by atoms with Crippen LogP contribution in [-0.2, 0) is 22.2 Å². The van der Waals surface area contributed by atoms with Crippen molar-refractivity contribution in [3.05, 3.63) is 65.5 Å². The van der Waals surface area contributed by atoms with E-state index in [-0.39, 0.29) is 17.6 Å². The summed E-state index contributed by atoms with van der Waals surface area (Å²) >= 11 is 0. The maximum atomic E-state index is 13.0. The third-order valence-electron chi connectivity index (χ3n) is 4.86. The third kappa shape index (κ3) is 2.80. The number of piperazine rings is 1. The van der Waals surface area contributed by atoms with Crippen molar-refractivity contribution in [3.63, 3.8) is 0 Å². The molecule has 2 aliphatic rings. The minimum absolute atomic E-state index is 0.0764. The van der Waals surface area contributed by atoms with Crippen LogP contribution in [-0.4, -0.2) is 38.4 Å². The average molecular weight is 346 g/mol. The first kappa shape index (κ1) is 15.6. The van der Waals surface area contributed by atoms with Gasteiger partial charge >= 0.3 is 0 Å². The van der Waals surface area contributed by atoms with Gasteiger partial charge in [-0.3, -0.25) is 0 Å². The zero-order valence-electron chi connectivity index (χ0n) is 13.2. The first-order valence-electron chi connectivity index (χ1n) is 8.10. The molecule has 0 N–H and O–H groups in total. The summed E-state index contributed by atoms with van der Waals surface area (Å²) in [7, 11) is -3.39. The van der Waals surface area contributed by atoms with Gasteiger partial charge < -0.3 is 4.90 Å². The predicted molar refractivity (Wildman–Crippen MR) is 91.9 cm³/mol. The molecule has 0 spiro atoms. The van der Waals surface area contributed by atoms with Gasteiger partial charge in [0.25, 0.3) is 0 Å². The Morgan fingerprint density at radius 2 is 1.79 bits per heavy atom. The van der Waals surface area contributed by atoms with Gasteiger partial charge in [0, 0.05) is 31.4 Å². The van der Waals surface area contributed by atoms with Gasteiger partial charge in [-0.05, 0) is 35.7 Å². The van der Waals surface area contributed by atoms with E-state index in [1.54, 1.807) is 4.31 Å². The van der Waals surface area contributed by atoms with Gasteiger partial charge in [-0.2, -0.15) is 4.31 Å².